The monoisotopic (exact) mass is 586 g/mol. The topological polar surface area (TPSA) is 270 Å². The number of aliphatic carboxylic acids is 1. The Labute approximate surface area is 244 Å². The number of carboxylic acid groups (broad SMARTS) is 1. The zero-order valence-corrected chi connectivity index (χ0v) is 23.5. The summed E-state index contributed by atoms with van der Waals surface area (Å²) < 4.78 is 0. The first-order valence-corrected chi connectivity index (χ1v) is 13.8. The van der Waals surface area contributed by atoms with Crippen molar-refractivity contribution in [1.82, 2.24) is 25.9 Å². The number of amides is 3. The van der Waals surface area contributed by atoms with Gasteiger partial charge in [0, 0.05) is 31.3 Å². The van der Waals surface area contributed by atoms with Crippen molar-refractivity contribution in [2.75, 3.05) is 13.1 Å². The highest BCUT2D eigenvalue weighted by Gasteiger charge is 2.30. The van der Waals surface area contributed by atoms with E-state index in [1.807, 2.05) is 18.2 Å². The molecule has 15 heteroatoms. The summed E-state index contributed by atoms with van der Waals surface area (Å²) in [6.45, 7) is 0.577. The number of nitrogens with zero attached hydrogens (tertiary/aromatic N) is 2. The number of unbranched alkanes of at least 4 members (excludes halogenated alkanes) is 1. The van der Waals surface area contributed by atoms with Gasteiger partial charge >= 0.3 is 5.97 Å². The molecule has 1 heterocycles. The third-order valence-corrected chi connectivity index (χ3v) is 6.39. The van der Waals surface area contributed by atoms with Gasteiger partial charge in [-0.05, 0) is 44.2 Å². The van der Waals surface area contributed by atoms with Crippen molar-refractivity contribution in [1.29, 1.82) is 0 Å². The van der Waals surface area contributed by atoms with Crippen LogP contribution in [0.4, 0.5) is 0 Å². The van der Waals surface area contributed by atoms with E-state index in [1.54, 1.807) is 18.3 Å². The van der Waals surface area contributed by atoms with E-state index >= 15 is 0 Å². The number of aromatic amines is 1. The van der Waals surface area contributed by atoms with Crippen molar-refractivity contribution in [3.63, 3.8) is 0 Å². The molecule has 0 bridgehead atoms. The fourth-order valence-corrected chi connectivity index (χ4v) is 4.13. The van der Waals surface area contributed by atoms with Gasteiger partial charge in [0.2, 0.25) is 17.7 Å². The number of carbonyl (C=O) groups excluding carboxylic acids is 3. The molecular formula is C27H42N10O5. The number of benzene rings is 1. The number of nitrogens with one attached hydrogen (secondary N) is 4. The molecule has 0 saturated heterocycles. The van der Waals surface area contributed by atoms with Gasteiger partial charge in [-0.2, -0.15) is 0 Å². The minimum Gasteiger partial charge on any atom is -0.480 e. The summed E-state index contributed by atoms with van der Waals surface area (Å²) in [5.74, 6) is -3.20. The Morgan fingerprint density at radius 2 is 1.52 bits per heavy atom. The van der Waals surface area contributed by atoms with Crippen LogP contribution in [-0.4, -0.2) is 82.0 Å². The molecule has 4 unspecified atom stereocenters. The molecule has 0 aliphatic heterocycles. The normalized spacial score (nSPS) is 13.7. The summed E-state index contributed by atoms with van der Waals surface area (Å²) in [5, 5.41) is 17.5. The molecule has 0 spiro atoms. The van der Waals surface area contributed by atoms with Crippen molar-refractivity contribution >= 4 is 29.7 Å². The number of carbonyl (C=O) groups is 4. The second kappa shape index (κ2) is 18.0. The van der Waals surface area contributed by atoms with Crippen LogP contribution in [0.3, 0.4) is 0 Å². The van der Waals surface area contributed by atoms with Gasteiger partial charge in [-0.1, -0.05) is 30.3 Å². The van der Waals surface area contributed by atoms with Crippen LogP contribution in [0, 0.1) is 0 Å². The number of rotatable bonds is 19. The highest BCUT2D eigenvalue weighted by atomic mass is 16.4. The van der Waals surface area contributed by atoms with E-state index < -0.39 is 47.9 Å². The average molecular weight is 587 g/mol. The second-order valence-electron chi connectivity index (χ2n) is 9.83. The first kappa shape index (κ1) is 33.7. The number of aliphatic imine (C=N–C) groups is 1. The number of carboxylic acids is 1. The van der Waals surface area contributed by atoms with E-state index in [1.165, 1.54) is 6.33 Å². The minimum atomic E-state index is -1.24. The van der Waals surface area contributed by atoms with Crippen LogP contribution in [0.2, 0.25) is 0 Å². The standard InChI is InChI=1S/C27H42N10O5/c28-11-5-4-9-20(24(39)36-21(26(41)42)10-6-12-33-27(30)31)35-25(40)22(13-17-7-2-1-3-8-17)37-23(38)19(29)14-18-15-32-16-34-18/h1-3,7-8,15-16,19-22H,4-6,9-14,28-29H2,(H,32,34)(H,35,40)(H,36,39)(H,37,38)(H,41,42)(H4,30,31,33). The molecule has 0 radical (unpaired) electrons. The number of aromatic nitrogens is 2. The van der Waals surface area contributed by atoms with Crippen molar-refractivity contribution in [3.05, 3.63) is 54.1 Å². The predicted octanol–water partition coefficient (Wildman–Crippen LogP) is -1.76. The molecule has 230 valence electrons. The summed E-state index contributed by atoms with van der Waals surface area (Å²) in [7, 11) is 0. The maximum Gasteiger partial charge on any atom is 0.326 e. The molecule has 1 aromatic heterocycles. The van der Waals surface area contributed by atoms with E-state index in [0.717, 1.165) is 5.56 Å². The van der Waals surface area contributed by atoms with Crippen LogP contribution in [0.1, 0.15) is 43.4 Å². The zero-order chi connectivity index (χ0) is 30.9. The summed E-state index contributed by atoms with van der Waals surface area (Å²) in [6.07, 6.45) is 5.02. The summed E-state index contributed by atoms with van der Waals surface area (Å²) in [6, 6.07) is 4.73. The molecule has 2 aromatic rings. The number of guanidine groups is 1. The van der Waals surface area contributed by atoms with Gasteiger partial charge < -0.3 is 49.0 Å². The lowest BCUT2D eigenvalue weighted by Gasteiger charge is -2.25. The van der Waals surface area contributed by atoms with Crippen LogP contribution in [0.25, 0.3) is 0 Å². The number of hydrogen-bond donors (Lipinski definition) is 9. The molecule has 0 aliphatic rings. The van der Waals surface area contributed by atoms with Gasteiger partial charge in [0.1, 0.15) is 18.1 Å². The Morgan fingerprint density at radius 3 is 2.14 bits per heavy atom. The number of H-pyrrole nitrogens is 1. The first-order chi connectivity index (χ1) is 20.1. The number of hydrogen-bond acceptors (Lipinski definition) is 8. The van der Waals surface area contributed by atoms with E-state index in [2.05, 4.69) is 30.9 Å². The minimum absolute atomic E-state index is 0.0717. The molecule has 0 aliphatic carbocycles. The van der Waals surface area contributed by atoms with Crippen molar-refractivity contribution < 1.29 is 24.3 Å². The average Bonchev–Trinajstić information content (AvgIpc) is 3.47. The lowest BCUT2D eigenvalue weighted by atomic mass is 10.0. The Hall–Kier alpha value is -4.50. The first-order valence-electron chi connectivity index (χ1n) is 13.8. The zero-order valence-electron chi connectivity index (χ0n) is 23.5. The Kier molecular flexibility index (Phi) is 14.5. The fourth-order valence-electron chi connectivity index (χ4n) is 4.13. The molecule has 42 heavy (non-hydrogen) atoms. The number of imidazole rings is 1. The van der Waals surface area contributed by atoms with E-state index in [-0.39, 0.29) is 38.2 Å². The maximum absolute atomic E-state index is 13.5. The van der Waals surface area contributed by atoms with E-state index in [0.29, 0.717) is 31.5 Å². The van der Waals surface area contributed by atoms with Crippen LogP contribution in [0.15, 0.2) is 47.8 Å². The lowest BCUT2D eigenvalue weighted by molar-refractivity contribution is -0.142. The van der Waals surface area contributed by atoms with Crippen molar-refractivity contribution in [2.24, 2.45) is 27.9 Å². The van der Waals surface area contributed by atoms with Crippen LogP contribution < -0.4 is 38.9 Å². The van der Waals surface area contributed by atoms with Gasteiger partial charge in [-0.15, -0.1) is 0 Å². The van der Waals surface area contributed by atoms with E-state index in [9.17, 15) is 24.3 Å². The Balaban J connectivity index is 2.17. The van der Waals surface area contributed by atoms with Crippen LogP contribution in [0.5, 0.6) is 0 Å². The largest absolute Gasteiger partial charge is 0.480 e. The summed E-state index contributed by atoms with van der Waals surface area (Å²) >= 11 is 0. The summed E-state index contributed by atoms with van der Waals surface area (Å²) in [5.41, 5.74) is 23.7. The predicted molar refractivity (Wildman–Crippen MR) is 157 cm³/mol. The SMILES string of the molecule is NCCCCC(NC(=O)C(Cc1ccccc1)NC(=O)C(N)Cc1cnc[nH]1)C(=O)NC(CCCN=C(N)N)C(=O)O. The molecule has 4 atom stereocenters. The van der Waals surface area contributed by atoms with Gasteiger partial charge in [0.25, 0.3) is 0 Å². The Morgan fingerprint density at radius 1 is 0.881 bits per heavy atom. The molecule has 1 aromatic carbocycles. The highest BCUT2D eigenvalue weighted by Crippen LogP contribution is 2.08. The van der Waals surface area contributed by atoms with Gasteiger partial charge in [0.15, 0.2) is 5.96 Å². The third-order valence-electron chi connectivity index (χ3n) is 6.39. The molecule has 0 saturated carbocycles. The molecule has 15 nitrogen and oxygen atoms in total. The number of nitrogens with two attached hydrogens (primary N) is 4. The molecular weight excluding hydrogens is 544 g/mol. The van der Waals surface area contributed by atoms with Crippen LogP contribution >= 0.6 is 0 Å². The van der Waals surface area contributed by atoms with Gasteiger partial charge in [0.05, 0.1) is 12.4 Å². The van der Waals surface area contributed by atoms with E-state index in [4.69, 9.17) is 22.9 Å². The quantitative estimate of drug-likeness (QED) is 0.0508. The van der Waals surface area contributed by atoms with Crippen molar-refractivity contribution in [3.8, 4) is 0 Å². The second-order valence-corrected chi connectivity index (χ2v) is 9.83. The molecule has 3 amide bonds. The fraction of sp³-hybridized carbons (Fsp3) is 0.481. The van der Waals surface area contributed by atoms with Gasteiger partial charge in [-0.3, -0.25) is 19.4 Å². The highest BCUT2D eigenvalue weighted by molar-refractivity contribution is 5.94. The third kappa shape index (κ3) is 12.3. The summed E-state index contributed by atoms with van der Waals surface area (Å²) in [4.78, 5) is 62.1. The van der Waals surface area contributed by atoms with Gasteiger partial charge in [-0.25, -0.2) is 9.78 Å². The smallest absolute Gasteiger partial charge is 0.326 e. The van der Waals surface area contributed by atoms with Crippen LogP contribution in [-0.2, 0) is 32.0 Å². The lowest BCUT2D eigenvalue weighted by Crippen LogP contribution is -2.57. The molecule has 0 fully saturated rings. The molecule has 13 N–H and O–H groups in total. The van der Waals surface area contributed by atoms with Crippen molar-refractivity contribution in [2.45, 2.75) is 69.1 Å². The Bertz CT molecular complexity index is 1160. The maximum atomic E-state index is 13.5. The molecule has 2 rings (SSSR count).